The molecule has 0 atom stereocenters. The molecule has 150 valence electrons. The van der Waals surface area contributed by atoms with Crippen LogP contribution in [-0.4, -0.2) is 43.5 Å². The van der Waals surface area contributed by atoms with Crippen molar-refractivity contribution in [2.75, 3.05) is 37.6 Å². The third-order valence-electron chi connectivity index (χ3n) is 4.83. The van der Waals surface area contributed by atoms with Gasteiger partial charge >= 0.3 is 0 Å². The number of benzene rings is 2. The maximum absolute atomic E-state index is 13.1. The first-order valence-corrected chi connectivity index (χ1v) is 9.45. The number of piperazine rings is 1. The SMILES string of the molecule is N#C/C(=C/NCCc1ccc(F)cc1)C(=O)N1CCN(c2ccc(F)cc2)CC1. The minimum atomic E-state index is -0.305. The summed E-state index contributed by atoms with van der Waals surface area (Å²) < 4.78 is 26.0. The minimum Gasteiger partial charge on any atom is -0.389 e. The second-order valence-electron chi connectivity index (χ2n) is 6.76. The minimum absolute atomic E-state index is 0.0549. The van der Waals surface area contributed by atoms with Gasteiger partial charge in [-0.1, -0.05) is 12.1 Å². The van der Waals surface area contributed by atoms with Crippen molar-refractivity contribution < 1.29 is 13.6 Å². The van der Waals surface area contributed by atoms with Crippen molar-refractivity contribution in [3.05, 3.63) is 77.5 Å². The Morgan fingerprint density at radius 2 is 1.59 bits per heavy atom. The Morgan fingerprint density at radius 3 is 2.17 bits per heavy atom. The zero-order valence-electron chi connectivity index (χ0n) is 15.9. The second-order valence-corrected chi connectivity index (χ2v) is 6.76. The lowest BCUT2D eigenvalue weighted by Crippen LogP contribution is -2.49. The van der Waals surface area contributed by atoms with E-state index in [2.05, 4.69) is 10.2 Å². The van der Waals surface area contributed by atoms with Crippen molar-refractivity contribution in [2.24, 2.45) is 0 Å². The standard InChI is InChI=1S/C22H22F2N4O/c23-19-3-1-17(2-4-19)9-10-26-16-18(15-25)22(29)28-13-11-27(12-14-28)21-7-5-20(24)6-8-21/h1-8,16,26H,9-14H2/b18-16-. The molecule has 1 N–H and O–H groups in total. The van der Waals surface area contributed by atoms with Crippen molar-refractivity contribution in [2.45, 2.75) is 6.42 Å². The number of nitrogens with zero attached hydrogens (tertiary/aromatic N) is 3. The Balaban J connectivity index is 1.49. The molecule has 7 heteroatoms. The third kappa shape index (κ3) is 5.55. The van der Waals surface area contributed by atoms with Crippen molar-refractivity contribution in [3.63, 3.8) is 0 Å². The molecule has 1 saturated heterocycles. The van der Waals surface area contributed by atoms with Gasteiger partial charge in [-0.3, -0.25) is 4.79 Å². The van der Waals surface area contributed by atoms with Gasteiger partial charge in [-0.2, -0.15) is 5.26 Å². The van der Waals surface area contributed by atoms with Crippen LogP contribution in [0, 0.1) is 23.0 Å². The number of nitriles is 1. The monoisotopic (exact) mass is 396 g/mol. The fourth-order valence-electron chi connectivity index (χ4n) is 3.17. The van der Waals surface area contributed by atoms with E-state index in [0.29, 0.717) is 39.1 Å². The molecule has 0 spiro atoms. The van der Waals surface area contributed by atoms with Crippen molar-refractivity contribution >= 4 is 11.6 Å². The predicted octanol–water partition coefficient (Wildman–Crippen LogP) is 2.85. The molecule has 0 radical (unpaired) electrons. The van der Waals surface area contributed by atoms with Crippen LogP contribution < -0.4 is 10.2 Å². The van der Waals surface area contributed by atoms with Gasteiger partial charge in [-0.05, 0) is 48.4 Å². The fourth-order valence-corrected chi connectivity index (χ4v) is 3.17. The van der Waals surface area contributed by atoms with E-state index < -0.39 is 0 Å². The van der Waals surface area contributed by atoms with E-state index in [9.17, 15) is 18.8 Å². The molecule has 0 saturated carbocycles. The van der Waals surface area contributed by atoms with Gasteiger partial charge in [0.25, 0.3) is 5.91 Å². The zero-order valence-corrected chi connectivity index (χ0v) is 15.9. The van der Waals surface area contributed by atoms with Gasteiger partial charge in [0.2, 0.25) is 0 Å². The highest BCUT2D eigenvalue weighted by Gasteiger charge is 2.23. The number of carbonyl (C=O) groups is 1. The Labute approximate surface area is 168 Å². The molecular weight excluding hydrogens is 374 g/mol. The van der Waals surface area contributed by atoms with Crippen LogP contribution >= 0.6 is 0 Å². The molecule has 0 bridgehead atoms. The normalized spacial score (nSPS) is 14.4. The summed E-state index contributed by atoms with van der Waals surface area (Å²) in [6, 6.07) is 14.5. The predicted molar refractivity (Wildman–Crippen MR) is 107 cm³/mol. The molecule has 1 aliphatic rings. The van der Waals surface area contributed by atoms with Crippen LogP contribution in [0.1, 0.15) is 5.56 Å². The average molecular weight is 396 g/mol. The Hall–Kier alpha value is -3.40. The van der Waals surface area contributed by atoms with Crippen LogP contribution in [0.3, 0.4) is 0 Å². The van der Waals surface area contributed by atoms with Crippen molar-refractivity contribution in [1.82, 2.24) is 10.2 Å². The number of halogens is 2. The number of anilines is 1. The summed E-state index contributed by atoms with van der Waals surface area (Å²) >= 11 is 0. The Kier molecular flexibility index (Phi) is 6.80. The Bertz CT molecular complexity index is 896. The highest BCUT2D eigenvalue weighted by atomic mass is 19.1. The summed E-state index contributed by atoms with van der Waals surface area (Å²) in [5.74, 6) is -0.864. The molecule has 3 rings (SSSR count). The molecule has 5 nitrogen and oxygen atoms in total. The first-order valence-electron chi connectivity index (χ1n) is 9.45. The zero-order chi connectivity index (χ0) is 20.6. The van der Waals surface area contributed by atoms with Gasteiger partial charge in [0.15, 0.2) is 0 Å². The summed E-state index contributed by atoms with van der Waals surface area (Å²) in [4.78, 5) is 16.3. The summed E-state index contributed by atoms with van der Waals surface area (Å²) in [5.41, 5.74) is 1.94. The third-order valence-corrected chi connectivity index (χ3v) is 4.83. The number of hydrogen-bond acceptors (Lipinski definition) is 4. The molecule has 1 fully saturated rings. The largest absolute Gasteiger partial charge is 0.389 e. The summed E-state index contributed by atoms with van der Waals surface area (Å²) in [6.45, 7) is 2.75. The highest BCUT2D eigenvalue weighted by molar-refractivity contribution is 5.97. The van der Waals surface area contributed by atoms with E-state index in [4.69, 9.17) is 0 Å². The van der Waals surface area contributed by atoms with Crippen molar-refractivity contribution in [3.8, 4) is 6.07 Å². The van der Waals surface area contributed by atoms with Crippen LogP contribution in [0.25, 0.3) is 0 Å². The number of amides is 1. The van der Waals surface area contributed by atoms with E-state index >= 15 is 0 Å². The second kappa shape index (κ2) is 9.69. The number of rotatable bonds is 6. The molecule has 1 heterocycles. The van der Waals surface area contributed by atoms with Gasteiger partial charge in [0.05, 0.1) is 0 Å². The summed E-state index contributed by atoms with van der Waals surface area (Å²) in [5, 5.41) is 12.3. The van der Waals surface area contributed by atoms with Crippen LogP contribution in [-0.2, 0) is 11.2 Å². The Morgan fingerprint density at radius 1 is 1.00 bits per heavy atom. The quantitative estimate of drug-likeness (QED) is 0.463. The van der Waals surface area contributed by atoms with Gasteiger partial charge in [-0.15, -0.1) is 0 Å². The molecule has 0 aromatic heterocycles. The molecule has 0 unspecified atom stereocenters. The van der Waals surface area contributed by atoms with E-state index in [1.807, 2.05) is 6.07 Å². The van der Waals surface area contributed by atoms with Gasteiger partial charge in [0, 0.05) is 44.6 Å². The maximum atomic E-state index is 13.1. The fraction of sp³-hybridized carbons (Fsp3) is 0.273. The number of nitrogens with one attached hydrogen (secondary N) is 1. The van der Waals surface area contributed by atoms with Crippen LogP contribution in [0.2, 0.25) is 0 Å². The number of hydrogen-bond donors (Lipinski definition) is 1. The summed E-state index contributed by atoms with van der Waals surface area (Å²) in [7, 11) is 0. The van der Waals surface area contributed by atoms with E-state index in [1.54, 1.807) is 29.2 Å². The maximum Gasteiger partial charge on any atom is 0.266 e. The summed E-state index contributed by atoms with van der Waals surface area (Å²) in [6.07, 6.45) is 2.10. The molecule has 1 amide bonds. The first-order chi connectivity index (χ1) is 14.1. The van der Waals surface area contributed by atoms with E-state index in [-0.39, 0.29) is 23.1 Å². The number of carbonyl (C=O) groups excluding carboxylic acids is 1. The van der Waals surface area contributed by atoms with Gasteiger partial charge in [0.1, 0.15) is 23.3 Å². The molecule has 29 heavy (non-hydrogen) atoms. The highest BCUT2D eigenvalue weighted by Crippen LogP contribution is 2.17. The van der Waals surface area contributed by atoms with Gasteiger partial charge < -0.3 is 15.1 Å². The lowest BCUT2D eigenvalue weighted by atomic mass is 10.1. The molecule has 1 aliphatic heterocycles. The van der Waals surface area contributed by atoms with Crippen LogP contribution in [0.5, 0.6) is 0 Å². The molecule has 2 aromatic carbocycles. The van der Waals surface area contributed by atoms with Gasteiger partial charge in [-0.25, -0.2) is 8.78 Å². The van der Waals surface area contributed by atoms with Crippen LogP contribution in [0.4, 0.5) is 14.5 Å². The van der Waals surface area contributed by atoms with E-state index in [0.717, 1.165) is 11.3 Å². The molecule has 0 aliphatic carbocycles. The lowest BCUT2D eigenvalue weighted by Gasteiger charge is -2.36. The molecule has 2 aromatic rings. The molecular formula is C22H22F2N4O. The average Bonchev–Trinajstić information content (AvgIpc) is 2.75. The van der Waals surface area contributed by atoms with E-state index in [1.165, 1.54) is 30.5 Å². The smallest absolute Gasteiger partial charge is 0.266 e. The van der Waals surface area contributed by atoms with Crippen LogP contribution in [0.15, 0.2) is 60.3 Å². The first kappa shape index (κ1) is 20.3. The van der Waals surface area contributed by atoms with Crippen molar-refractivity contribution in [1.29, 1.82) is 5.26 Å². The topological polar surface area (TPSA) is 59.4 Å². The lowest BCUT2D eigenvalue weighted by molar-refractivity contribution is -0.127.